The third-order valence-electron chi connectivity index (χ3n) is 6.12. The van der Waals surface area contributed by atoms with Gasteiger partial charge in [0.1, 0.15) is 5.78 Å². The summed E-state index contributed by atoms with van der Waals surface area (Å²) in [6.07, 6.45) is 8.30. The molecule has 0 aromatic rings. The number of Topliss-reactive ketones (excluding diaryl/α,β-unsaturated/α-hetero) is 1. The van der Waals surface area contributed by atoms with E-state index in [0.717, 1.165) is 19.3 Å². The Kier molecular flexibility index (Phi) is 4.81. The first kappa shape index (κ1) is 17.9. The molecule has 0 radical (unpaired) electrons. The standard InChI is InChI=1S/C19H34O2Si/c1-18(2,3)22(6,7)21-17-16-11-9-8-10-15(20)12-14(16)13-19(17,4)5/h9,11,14,16-17H,8,10,12-13H2,1-7H3/b11-9-/t14-,16-,17+/m0/s1. The molecule has 0 saturated heterocycles. The highest BCUT2D eigenvalue weighted by molar-refractivity contribution is 6.74. The maximum atomic E-state index is 12.1. The molecule has 0 amide bonds. The zero-order chi connectivity index (χ0) is 16.8. The molecular weight excluding hydrogens is 288 g/mol. The number of carbonyl (C=O) groups excluding carboxylic acids is 1. The number of fused-ring (bicyclic) bond motifs is 1. The van der Waals surface area contributed by atoms with Gasteiger partial charge in [-0.15, -0.1) is 0 Å². The molecule has 2 rings (SSSR count). The molecule has 3 heteroatoms. The summed E-state index contributed by atoms with van der Waals surface area (Å²) < 4.78 is 6.86. The smallest absolute Gasteiger partial charge is 0.192 e. The Balaban J connectivity index is 2.28. The lowest BCUT2D eigenvalue weighted by Crippen LogP contribution is -2.48. The summed E-state index contributed by atoms with van der Waals surface area (Å²) >= 11 is 0. The van der Waals surface area contributed by atoms with Crippen LogP contribution in [0.1, 0.15) is 60.3 Å². The van der Waals surface area contributed by atoms with Gasteiger partial charge < -0.3 is 4.43 Å². The number of hydrogen-bond donors (Lipinski definition) is 0. The summed E-state index contributed by atoms with van der Waals surface area (Å²) in [4.78, 5) is 12.1. The minimum atomic E-state index is -1.80. The van der Waals surface area contributed by atoms with E-state index in [9.17, 15) is 4.79 Å². The Morgan fingerprint density at radius 2 is 1.91 bits per heavy atom. The van der Waals surface area contributed by atoms with Gasteiger partial charge in [0.05, 0.1) is 6.10 Å². The molecule has 22 heavy (non-hydrogen) atoms. The normalized spacial score (nSPS) is 34.0. The maximum Gasteiger partial charge on any atom is 0.192 e. The Morgan fingerprint density at radius 1 is 1.27 bits per heavy atom. The molecule has 1 saturated carbocycles. The van der Waals surface area contributed by atoms with Crippen molar-refractivity contribution in [3.8, 4) is 0 Å². The summed E-state index contributed by atoms with van der Waals surface area (Å²) in [7, 11) is -1.80. The topological polar surface area (TPSA) is 26.3 Å². The zero-order valence-electron chi connectivity index (χ0n) is 15.5. The minimum absolute atomic E-state index is 0.153. The maximum absolute atomic E-state index is 12.1. The fraction of sp³-hybridized carbons (Fsp3) is 0.842. The molecule has 2 aliphatic rings. The SMILES string of the molecule is CC1(C)C[C@@H]2CC(=O)CC/C=C\[C@@H]2[C@H]1O[Si](C)(C)C(C)(C)C. The van der Waals surface area contributed by atoms with Gasteiger partial charge in [-0.3, -0.25) is 4.79 Å². The van der Waals surface area contributed by atoms with Crippen molar-refractivity contribution in [1.82, 2.24) is 0 Å². The number of allylic oxidation sites excluding steroid dienone is 1. The summed E-state index contributed by atoms with van der Waals surface area (Å²) in [6.45, 7) is 16.2. The third kappa shape index (κ3) is 3.56. The van der Waals surface area contributed by atoms with Crippen molar-refractivity contribution >= 4 is 14.1 Å². The highest BCUT2D eigenvalue weighted by Gasteiger charge is 2.52. The number of ketones is 1. The molecule has 0 unspecified atom stereocenters. The highest BCUT2D eigenvalue weighted by atomic mass is 28.4. The van der Waals surface area contributed by atoms with Crippen molar-refractivity contribution in [2.45, 2.75) is 84.5 Å². The summed E-state index contributed by atoms with van der Waals surface area (Å²) in [6, 6.07) is 0. The van der Waals surface area contributed by atoms with Crippen molar-refractivity contribution < 1.29 is 9.22 Å². The summed E-state index contributed by atoms with van der Waals surface area (Å²) in [5.41, 5.74) is 0.153. The number of carbonyl (C=O) groups is 1. The fourth-order valence-electron chi connectivity index (χ4n) is 3.79. The highest BCUT2D eigenvalue weighted by Crippen LogP contribution is 2.52. The number of rotatable bonds is 2. The van der Waals surface area contributed by atoms with E-state index in [-0.39, 0.29) is 16.6 Å². The summed E-state index contributed by atoms with van der Waals surface area (Å²) in [5, 5.41) is 0.225. The van der Waals surface area contributed by atoms with Crippen LogP contribution in [-0.2, 0) is 9.22 Å². The fourth-order valence-corrected chi connectivity index (χ4v) is 5.25. The van der Waals surface area contributed by atoms with Gasteiger partial charge in [0, 0.05) is 18.8 Å². The third-order valence-corrected chi connectivity index (χ3v) is 10.6. The molecule has 126 valence electrons. The average Bonchev–Trinajstić information content (AvgIpc) is 2.52. The molecule has 2 aliphatic carbocycles. The van der Waals surface area contributed by atoms with Crippen molar-refractivity contribution in [1.29, 1.82) is 0 Å². The Morgan fingerprint density at radius 3 is 2.50 bits per heavy atom. The van der Waals surface area contributed by atoms with Gasteiger partial charge in [0.15, 0.2) is 8.32 Å². The van der Waals surface area contributed by atoms with Crippen molar-refractivity contribution in [2.24, 2.45) is 17.3 Å². The molecule has 0 bridgehead atoms. The van der Waals surface area contributed by atoms with E-state index in [0.29, 0.717) is 24.0 Å². The first-order valence-corrected chi connectivity index (χ1v) is 11.7. The van der Waals surface area contributed by atoms with Gasteiger partial charge in [0.2, 0.25) is 0 Å². The Hall–Kier alpha value is -0.413. The summed E-state index contributed by atoms with van der Waals surface area (Å²) in [5.74, 6) is 1.31. The molecule has 0 aromatic heterocycles. The molecule has 0 aliphatic heterocycles. The van der Waals surface area contributed by atoms with Crippen molar-refractivity contribution in [3.05, 3.63) is 12.2 Å². The largest absolute Gasteiger partial charge is 0.413 e. The van der Waals surface area contributed by atoms with Crippen LogP contribution < -0.4 is 0 Å². The van der Waals surface area contributed by atoms with E-state index in [4.69, 9.17) is 4.43 Å². The molecular formula is C19H34O2Si. The minimum Gasteiger partial charge on any atom is -0.413 e. The molecule has 0 aromatic carbocycles. The molecule has 0 heterocycles. The second-order valence-electron chi connectivity index (χ2n) is 9.54. The van der Waals surface area contributed by atoms with Crippen molar-refractivity contribution in [2.75, 3.05) is 0 Å². The quantitative estimate of drug-likeness (QED) is 0.506. The van der Waals surface area contributed by atoms with E-state index in [1.807, 2.05) is 0 Å². The Bertz CT molecular complexity index is 457. The van der Waals surface area contributed by atoms with Gasteiger partial charge in [-0.2, -0.15) is 0 Å². The van der Waals surface area contributed by atoms with Crippen LogP contribution in [0, 0.1) is 17.3 Å². The van der Waals surface area contributed by atoms with Crippen LogP contribution in [0.2, 0.25) is 18.1 Å². The number of hydrogen-bond acceptors (Lipinski definition) is 2. The second-order valence-corrected chi connectivity index (χ2v) is 14.3. The van der Waals surface area contributed by atoms with Gasteiger partial charge in [-0.05, 0) is 42.3 Å². The van der Waals surface area contributed by atoms with Gasteiger partial charge >= 0.3 is 0 Å². The van der Waals surface area contributed by atoms with Gasteiger partial charge in [-0.1, -0.05) is 46.8 Å². The average molecular weight is 323 g/mol. The Labute approximate surface area is 137 Å². The second kappa shape index (κ2) is 5.90. The van der Waals surface area contributed by atoms with E-state index in [1.54, 1.807) is 0 Å². The van der Waals surface area contributed by atoms with Crippen molar-refractivity contribution in [3.63, 3.8) is 0 Å². The van der Waals surface area contributed by atoms with E-state index >= 15 is 0 Å². The first-order valence-electron chi connectivity index (χ1n) is 8.80. The molecule has 0 spiro atoms. The van der Waals surface area contributed by atoms with Crippen LogP contribution in [0.3, 0.4) is 0 Å². The van der Waals surface area contributed by atoms with Crippen LogP contribution in [0.15, 0.2) is 12.2 Å². The van der Waals surface area contributed by atoms with Crippen LogP contribution in [0.5, 0.6) is 0 Å². The van der Waals surface area contributed by atoms with Gasteiger partial charge in [-0.25, -0.2) is 0 Å². The van der Waals surface area contributed by atoms with E-state index in [2.05, 4.69) is 59.9 Å². The first-order chi connectivity index (χ1) is 9.94. The monoisotopic (exact) mass is 322 g/mol. The molecule has 2 nitrogen and oxygen atoms in total. The van der Waals surface area contributed by atoms with E-state index < -0.39 is 8.32 Å². The lowest BCUT2D eigenvalue weighted by atomic mass is 9.86. The van der Waals surface area contributed by atoms with Crippen LogP contribution in [0.25, 0.3) is 0 Å². The van der Waals surface area contributed by atoms with Crippen LogP contribution in [-0.4, -0.2) is 20.2 Å². The predicted molar refractivity (Wildman–Crippen MR) is 95.4 cm³/mol. The van der Waals surface area contributed by atoms with E-state index in [1.165, 1.54) is 0 Å². The van der Waals surface area contributed by atoms with Gasteiger partial charge in [0.25, 0.3) is 0 Å². The van der Waals surface area contributed by atoms with Crippen LogP contribution in [0.4, 0.5) is 0 Å². The predicted octanol–water partition coefficient (Wildman–Crippen LogP) is 5.35. The molecule has 0 N–H and O–H groups in total. The molecule has 1 fully saturated rings. The lowest BCUT2D eigenvalue weighted by Gasteiger charge is -2.43. The zero-order valence-corrected chi connectivity index (χ0v) is 16.5. The van der Waals surface area contributed by atoms with Crippen LogP contribution >= 0.6 is 0 Å². The molecule has 3 atom stereocenters. The lowest BCUT2D eigenvalue weighted by molar-refractivity contribution is -0.120.